The monoisotopic (exact) mass is 278 g/mol. The molecule has 0 aliphatic rings. The van der Waals surface area contributed by atoms with Gasteiger partial charge in [0.1, 0.15) is 6.54 Å². The summed E-state index contributed by atoms with van der Waals surface area (Å²) in [4.78, 5) is 36.1. The number of esters is 1. The van der Waals surface area contributed by atoms with Crippen molar-refractivity contribution in [3.63, 3.8) is 0 Å². The summed E-state index contributed by atoms with van der Waals surface area (Å²) in [7, 11) is 1.26. The maximum absolute atomic E-state index is 11.9. The van der Waals surface area contributed by atoms with E-state index in [9.17, 15) is 14.4 Å². The van der Waals surface area contributed by atoms with Crippen molar-refractivity contribution in [2.45, 2.75) is 6.92 Å². The zero-order chi connectivity index (χ0) is 15.0. The number of hydrogen-bond acceptors (Lipinski definition) is 4. The zero-order valence-electron chi connectivity index (χ0n) is 11.6. The van der Waals surface area contributed by atoms with Gasteiger partial charge in [0.25, 0.3) is 5.91 Å². The highest BCUT2D eigenvalue weighted by molar-refractivity contribution is 5.96. The lowest BCUT2D eigenvalue weighted by Gasteiger charge is -2.19. The Hall–Kier alpha value is -2.37. The van der Waals surface area contributed by atoms with Crippen LogP contribution in [0.1, 0.15) is 17.3 Å². The molecule has 1 N–H and O–H groups in total. The van der Waals surface area contributed by atoms with Crippen LogP contribution >= 0.6 is 0 Å². The molecule has 0 fully saturated rings. The van der Waals surface area contributed by atoms with Gasteiger partial charge in [-0.25, -0.2) is 0 Å². The number of benzene rings is 1. The molecule has 108 valence electrons. The molecule has 0 unspecified atom stereocenters. The molecule has 0 radical (unpaired) electrons. The van der Waals surface area contributed by atoms with E-state index >= 15 is 0 Å². The molecule has 6 heteroatoms. The highest BCUT2D eigenvalue weighted by atomic mass is 16.5. The lowest BCUT2D eigenvalue weighted by molar-refractivity contribution is -0.146. The second-order valence-corrected chi connectivity index (χ2v) is 4.03. The number of carbonyl (C=O) groups is 3. The lowest BCUT2D eigenvalue weighted by atomic mass is 10.2. The summed E-state index contributed by atoms with van der Waals surface area (Å²) >= 11 is 0. The molecule has 0 aromatic heterocycles. The van der Waals surface area contributed by atoms with E-state index in [4.69, 9.17) is 0 Å². The quantitative estimate of drug-likeness (QED) is 0.766. The Morgan fingerprint density at radius 1 is 1.20 bits per heavy atom. The van der Waals surface area contributed by atoms with Gasteiger partial charge in [-0.15, -0.1) is 0 Å². The van der Waals surface area contributed by atoms with E-state index in [1.807, 2.05) is 0 Å². The molecule has 2 amide bonds. The SMILES string of the molecule is CCN(CC(=O)OC)C(=O)CNC(=O)c1ccccc1. The number of ether oxygens (including phenoxy) is 1. The minimum absolute atomic E-state index is 0.118. The van der Waals surface area contributed by atoms with E-state index < -0.39 is 5.97 Å². The molecule has 0 spiro atoms. The van der Waals surface area contributed by atoms with Gasteiger partial charge in [-0.2, -0.15) is 0 Å². The number of likely N-dealkylation sites (N-methyl/N-ethyl adjacent to an activating group) is 1. The minimum Gasteiger partial charge on any atom is -0.468 e. The van der Waals surface area contributed by atoms with Crippen molar-refractivity contribution in [3.05, 3.63) is 35.9 Å². The summed E-state index contributed by atoms with van der Waals surface area (Å²) in [5, 5.41) is 2.52. The van der Waals surface area contributed by atoms with Crippen molar-refractivity contribution in [3.8, 4) is 0 Å². The number of hydrogen-bond donors (Lipinski definition) is 1. The molecule has 0 aliphatic carbocycles. The highest BCUT2D eigenvalue weighted by Gasteiger charge is 2.16. The number of rotatable bonds is 6. The van der Waals surface area contributed by atoms with Gasteiger partial charge in [0.15, 0.2) is 0 Å². The van der Waals surface area contributed by atoms with Crippen LogP contribution in [-0.2, 0) is 14.3 Å². The lowest BCUT2D eigenvalue weighted by Crippen LogP contribution is -2.42. The Labute approximate surface area is 117 Å². The molecule has 0 bridgehead atoms. The summed E-state index contributed by atoms with van der Waals surface area (Å²) in [5.41, 5.74) is 0.483. The van der Waals surface area contributed by atoms with E-state index in [1.165, 1.54) is 12.0 Å². The molecule has 20 heavy (non-hydrogen) atoms. The third-order valence-electron chi connectivity index (χ3n) is 2.72. The molecule has 1 rings (SSSR count). The van der Waals surface area contributed by atoms with E-state index in [0.29, 0.717) is 12.1 Å². The molecule has 0 aliphatic heterocycles. The Kier molecular flexibility index (Phi) is 6.22. The van der Waals surface area contributed by atoms with Crippen molar-refractivity contribution in [2.24, 2.45) is 0 Å². The standard InChI is InChI=1S/C14H18N2O4/c1-3-16(10-13(18)20-2)12(17)9-15-14(19)11-7-5-4-6-8-11/h4-8H,3,9-10H2,1-2H3,(H,15,19). The van der Waals surface area contributed by atoms with Gasteiger partial charge in [-0.1, -0.05) is 18.2 Å². The van der Waals surface area contributed by atoms with Crippen molar-refractivity contribution in [1.29, 1.82) is 0 Å². The number of carbonyl (C=O) groups excluding carboxylic acids is 3. The Morgan fingerprint density at radius 3 is 2.40 bits per heavy atom. The molecule has 6 nitrogen and oxygen atoms in total. The number of methoxy groups -OCH3 is 1. The molecule has 0 atom stereocenters. The summed E-state index contributed by atoms with van der Waals surface area (Å²) in [6, 6.07) is 8.60. The molecule has 0 saturated heterocycles. The summed E-state index contributed by atoms with van der Waals surface area (Å²) < 4.78 is 4.51. The molecule has 1 aromatic carbocycles. The number of amides is 2. The van der Waals surface area contributed by atoms with E-state index in [-0.39, 0.29) is 24.9 Å². The Bertz CT molecular complexity index is 473. The van der Waals surface area contributed by atoms with Crippen LogP contribution < -0.4 is 5.32 Å². The van der Waals surface area contributed by atoms with Gasteiger partial charge in [0.05, 0.1) is 13.7 Å². The van der Waals surface area contributed by atoms with Crippen molar-refractivity contribution in [1.82, 2.24) is 10.2 Å². The molecule has 0 heterocycles. The largest absolute Gasteiger partial charge is 0.468 e. The second-order valence-electron chi connectivity index (χ2n) is 4.03. The topological polar surface area (TPSA) is 75.7 Å². The third-order valence-corrected chi connectivity index (χ3v) is 2.72. The zero-order valence-corrected chi connectivity index (χ0v) is 11.6. The first-order valence-corrected chi connectivity index (χ1v) is 6.26. The van der Waals surface area contributed by atoms with Crippen LogP contribution in [0.3, 0.4) is 0 Å². The van der Waals surface area contributed by atoms with Gasteiger partial charge in [-0.3, -0.25) is 14.4 Å². The maximum atomic E-state index is 11.9. The number of nitrogens with one attached hydrogen (secondary N) is 1. The molecule has 1 aromatic rings. The normalized spacial score (nSPS) is 9.70. The molecular weight excluding hydrogens is 260 g/mol. The van der Waals surface area contributed by atoms with Gasteiger partial charge in [0, 0.05) is 12.1 Å². The number of nitrogens with zero attached hydrogens (tertiary/aromatic N) is 1. The van der Waals surface area contributed by atoms with Crippen LogP contribution in [-0.4, -0.2) is 49.4 Å². The smallest absolute Gasteiger partial charge is 0.325 e. The fourth-order valence-corrected chi connectivity index (χ4v) is 1.56. The predicted octanol–water partition coefficient (Wildman–Crippen LogP) is 0.438. The third kappa shape index (κ3) is 4.72. The van der Waals surface area contributed by atoms with Crippen LogP contribution in [0, 0.1) is 0 Å². The second kappa shape index (κ2) is 7.93. The van der Waals surface area contributed by atoms with E-state index in [1.54, 1.807) is 37.3 Å². The van der Waals surface area contributed by atoms with Crippen molar-refractivity contribution in [2.75, 3.05) is 26.7 Å². The molecule has 0 saturated carbocycles. The first-order valence-electron chi connectivity index (χ1n) is 6.26. The van der Waals surface area contributed by atoms with Gasteiger partial charge < -0.3 is 15.0 Å². The van der Waals surface area contributed by atoms with Crippen LogP contribution in [0.25, 0.3) is 0 Å². The summed E-state index contributed by atoms with van der Waals surface area (Å²) in [6.45, 7) is 1.85. The van der Waals surface area contributed by atoms with E-state index in [2.05, 4.69) is 10.1 Å². The van der Waals surface area contributed by atoms with Crippen LogP contribution in [0.15, 0.2) is 30.3 Å². The van der Waals surface area contributed by atoms with Crippen molar-refractivity contribution >= 4 is 17.8 Å². The van der Waals surface area contributed by atoms with Crippen LogP contribution in [0.5, 0.6) is 0 Å². The first kappa shape index (κ1) is 15.7. The summed E-state index contributed by atoms with van der Waals surface area (Å²) in [5.74, 6) is -1.15. The fourth-order valence-electron chi connectivity index (χ4n) is 1.56. The van der Waals surface area contributed by atoms with Crippen LogP contribution in [0.2, 0.25) is 0 Å². The predicted molar refractivity (Wildman–Crippen MR) is 73.0 cm³/mol. The van der Waals surface area contributed by atoms with Gasteiger partial charge in [0.2, 0.25) is 5.91 Å². The summed E-state index contributed by atoms with van der Waals surface area (Å²) in [6.07, 6.45) is 0. The average Bonchev–Trinajstić information content (AvgIpc) is 2.50. The average molecular weight is 278 g/mol. The highest BCUT2D eigenvalue weighted by Crippen LogP contribution is 1.98. The van der Waals surface area contributed by atoms with Crippen LogP contribution in [0.4, 0.5) is 0 Å². The minimum atomic E-state index is -0.491. The Balaban J connectivity index is 2.49. The Morgan fingerprint density at radius 2 is 1.85 bits per heavy atom. The maximum Gasteiger partial charge on any atom is 0.325 e. The van der Waals surface area contributed by atoms with Crippen molar-refractivity contribution < 1.29 is 19.1 Å². The molecular formula is C14H18N2O4. The van der Waals surface area contributed by atoms with Gasteiger partial charge >= 0.3 is 5.97 Å². The van der Waals surface area contributed by atoms with E-state index in [0.717, 1.165) is 0 Å². The first-order chi connectivity index (χ1) is 9.58. The fraction of sp³-hybridized carbons (Fsp3) is 0.357. The van der Waals surface area contributed by atoms with Gasteiger partial charge in [-0.05, 0) is 19.1 Å².